The minimum atomic E-state index is -3.07. The van der Waals surface area contributed by atoms with Crippen molar-refractivity contribution in [1.29, 1.82) is 0 Å². The molecule has 106 valence electrons. The van der Waals surface area contributed by atoms with Gasteiger partial charge in [-0.1, -0.05) is 17.8 Å². The Kier molecular flexibility index (Phi) is 4.64. The Hall–Kier alpha value is -0.860. The Morgan fingerprint density at radius 1 is 1.42 bits per heavy atom. The molecule has 0 spiro atoms. The van der Waals surface area contributed by atoms with Crippen LogP contribution in [0.2, 0.25) is 0 Å². The van der Waals surface area contributed by atoms with E-state index >= 15 is 0 Å². The highest BCUT2D eigenvalue weighted by molar-refractivity contribution is 7.98. The molecule has 0 aliphatic carbocycles. The molecule has 0 saturated heterocycles. The molecule has 1 aromatic rings. The summed E-state index contributed by atoms with van der Waals surface area (Å²) in [6.07, 6.45) is 1.59. The van der Waals surface area contributed by atoms with Crippen LogP contribution in [0.25, 0.3) is 0 Å². The van der Waals surface area contributed by atoms with E-state index in [1.54, 1.807) is 18.2 Å². The van der Waals surface area contributed by atoms with Gasteiger partial charge in [-0.25, -0.2) is 8.42 Å². The molecule has 2 heterocycles. The SMILES string of the molecule is O=S1(=O)C=CC(NCc2ccc(CSC(F)F)o2)C1. The molecule has 2 rings (SSSR count). The molecule has 1 atom stereocenters. The first-order valence-corrected chi connectivity index (χ1v) is 8.33. The molecule has 1 N–H and O–H groups in total. The first-order chi connectivity index (χ1) is 8.94. The molecule has 19 heavy (non-hydrogen) atoms. The van der Waals surface area contributed by atoms with E-state index in [0.717, 1.165) is 0 Å². The van der Waals surface area contributed by atoms with Gasteiger partial charge in [-0.2, -0.15) is 8.78 Å². The van der Waals surface area contributed by atoms with Gasteiger partial charge in [-0.15, -0.1) is 0 Å². The van der Waals surface area contributed by atoms with Crippen LogP contribution in [-0.2, 0) is 22.1 Å². The van der Waals surface area contributed by atoms with Crippen molar-refractivity contribution in [2.75, 3.05) is 5.75 Å². The van der Waals surface area contributed by atoms with Gasteiger partial charge in [0.15, 0.2) is 9.84 Å². The van der Waals surface area contributed by atoms with Gasteiger partial charge >= 0.3 is 0 Å². The molecular weight excluding hydrogens is 296 g/mol. The highest BCUT2D eigenvalue weighted by Gasteiger charge is 2.21. The van der Waals surface area contributed by atoms with E-state index in [1.807, 2.05) is 0 Å². The first kappa shape index (κ1) is 14.5. The molecule has 1 unspecified atom stereocenters. The lowest BCUT2D eigenvalue weighted by Gasteiger charge is -2.07. The third-order valence-corrected chi connectivity index (χ3v) is 4.64. The van der Waals surface area contributed by atoms with Crippen molar-refractivity contribution in [3.63, 3.8) is 0 Å². The third kappa shape index (κ3) is 4.63. The Balaban J connectivity index is 1.79. The van der Waals surface area contributed by atoms with Gasteiger partial charge in [0.2, 0.25) is 0 Å². The standard InChI is InChI=1S/C11H13F2NO3S2/c12-11(13)18-6-10-2-1-9(17-10)5-14-8-3-4-19(15,16)7-8/h1-4,8,11,14H,5-7H2. The number of hydrogen-bond acceptors (Lipinski definition) is 5. The first-order valence-electron chi connectivity index (χ1n) is 5.56. The van der Waals surface area contributed by atoms with Crippen molar-refractivity contribution >= 4 is 21.6 Å². The third-order valence-electron chi connectivity index (χ3n) is 2.54. The van der Waals surface area contributed by atoms with Crippen molar-refractivity contribution in [2.45, 2.75) is 24.1 Å². The van der Waals surface area contributed by atoms with Crippen LogP contribution in [0.3, 0.4) is 0 Å². The van der Waals surface area contributed by atoms with E-state index in [0.29, 0.717) is 29.8 Å². The Labute approximate surface area is 114 Å². The number of rotatable bonds is 6. The summed E-state index contributed by atoms with van der Waals surface area (Å²) in [4.78, 5) is 0. The average Bonchev–Trinajstić information content (AvgIpc) is 2.90. The summed E-state index contributed by atoms with van der Waals surface area (Å²) >= 11 is 0.503. The van der Waals surface area contributed by atoms with Crippen molar-refractivity contribution in [2.24, 2.45) is 0 Å². The van der Waals surface area contributed by atoms with Crippen molar-refractivity contribution in [1.82, 2.24) is 5.32 Å². The van der Waals surface area contributed by atoms with E-state index in [4.69, 9.17) is 4.42 Å². The summed E-state index contributed by atoms with van der Waals surface area (Å²) in [5, 5.41) is 4.21. The second-order valence-electron chi connectivity index (χ2n) is 4.09. The predicted octanol–water partition coefficient (Wildman–Crippen LogP) is 2.14. The van der Waals surface area contributed by atoms with Crippen LogP contribution < -0.4 is 5.32 Å². The summed E-state index contributed by atoms with van der Waals surface area (Å²) in [5.41, 5.74) is 0. The van der Waals surface area contributed by atoms with Crippen molar-refractivity contribution in [3.05, 3.63) is 35.1 Å². The smallest absolute Gasteiger partial charge is 0.284 e. The second-order valence-corrected chi connectivity index (χ2v) is 6.99. The number of nitrogens with one attached hydrogen (secondary N) is 1. The van der Waals surface area contributed by atoms with E-state index in [1.165, 1.54) is 5.41 Å². The van der Waals surface area contributed by atoms with Crippen LogP contribution >= 0.6 is 11.8 Å². The summed E-state index contributed by atoms with van der Waals surface area (Å²) in [6, 6.07) is 3.11. The molecule has 1 aliphatic rings. The molecule has 0 radical (unpaired) electrons. The molecule has 1 aromatic heterocycles. The van der Waals surface area contributed by atoms with Crippen molar-refractivity contribution in [3.8, 4) is 0 Å². The maximum Gasteiger partial charge on any atom is 0.284 e. The van der Waals surface area contributed by atoms with Gasteiger partial charge in [-0.3, -0.25) is 0 Å². The lowest BCUT2D eigenvalue weighted by atomic mass is 10.3. The Bertz CT molecular complexity index is 554. The van der Waals surface area contributed by atoms with Crippen LogP contribution in [0.15, 0.2) is 28.0 Å². The largest absolute Gasteiger partial charge is 0.464 e. The van der Waals surface area contributed by atoms with Crippen LogP contribution in [0.4, 0.5) is 8.78 Å². The van der Waals surface area contributed by atoms with E-state index in [2.05, 4.69) is 5.32 Å². The van der Waals surface area contributed by atoms with Gasteiger partial charge in [0, 0.05) is 11.4 Å². The number of thioether (sulfide) groups is 1. The molecule has 0 amide bonds. The summed E-state index contributed by atoms with van der Waals surface area (Å²) < 4.78 is 51.7. The van der Waals surface area contributed by atoms with E-state index < -0.39 is 15.6 Å². The average molecular weight is 309 g/mol. The fourth-order valence-electron chi connectivity index (χ4n) is 1.67. The number of halogens is 2. The molecule has 4 nitrogen and oxygen atoms in total. The minimum Gasteiger partial charge on any atom is -0.464 e. The fourth-order valence-corrected chi connectivity index (χ4v) is 3.39. The summed E-state index contributed by atoms with van der Waals surface area (Å²) in [6.45, 7) is 0.365. The zero-order chi connectivity index (χ0) is 13.9. The highest BCUT2D eigenvalue weighted by atomic mass is 32.2. The van der Waals surface area contributed by atoms with Crippen LogP contribution in [-0.4, -0.2) is 26.0 Å². The molecule has 0 saturated carbocycles. The fraction of sp³-hybridized carbons (Fsp3) is 0.455. The molecule has 1 aliphatic heterocycles. The highest BCUT2D eigenvalue weighted by Crippen LogP contribution is 2.21. The monoisotopic (exact) mass is 309 g/mol. The van der Waals surface area contributed by atoms with Gasteiger partial charge in [-0.05, 0) is 12.1 Å². The van der Waals surface area contributed by atoms with Crippen LogP contribution in [0.5, 0.6) is 0 Å². The minimum absolute atomic E-state index is 0.0435. The zero-order valence-corrected chi connectivity index (χ0v) is 11.5. The van der Waals surface area contributed by atoms with Crippen LogP contribution in [0.1, 0.15) is 11.5 Å². The molecule has 0 aromatic carbocycles. The van der Waals surface area contributed by atoms with Crippen LogP contribution in [0, 0.1) is 0 Å². The van der Waals surface area contributed by atoms with Crippen molar-refractivity contribution < 1.29 is 21.6 Å². The summed E-state index contributed by atoms with van der Waals surface area (Å²) in [7, 11) is -3.07. The van der Waals surface area contributed by atoms with E-state index in [9.17, 15) is 17.2 Å². The lowest BCUT2D eigenvalue weighted by molar-refractivity contribution is 0.251. The van der Waals surface area contributed by atoms with Gasteiger partial charge in [0.25, 0.3) is 5.76 Å². The number of sulfone groups is 1. The Morgan fingerprint density at radius 3 is 2.79 bits per heavy atom. The summed E-state index contributed by atoms with van der Waals surface area (Å²) in [5.74, 6) is -1.17. The predicted molar refractivity (Wildman–Crippen MR) is 69.6 cm³/mol. The second kappa shape index (κ2) is 6.06. The molecular formula is C11H13F2NO3S2. The maximum atomic E-state index is 12.0. The Morgan fingerprint density at radius 2 is 2.16 bits per heavy atom. The number of hydrogen-bond donors (Lipinski definition) is 1. The normalized spacial score (nSPS) is 21.3. The molecule has 0 bridgehead atoms. The zero-order valence-electron chi connectivity index (χ0n) is 9.88. The molecule has 8 heteroatoms. The number of alkyl halides is 2. The topological polar surface area (TPSA) is 59.3 Å². The molecule has 0 fully saturated rings. The maximum absolute atomic E-state index is 12.0. The van der Waals surface area contributed by atoms with E-state index in [-0.39, 0.29) is 17.5 Å². The van der Waals surface area contributed by atoms with Gasteiger partial charge < -0.3 is 9.73 Å². The number of furan rings is 1. The quantitative estimate of drug-likeness (QED) is 0.872. The van der Waals surface area contributed by atoms with Gasteiger partial charge in [0.05, 0.1) is 18.1 Å². The lowest BCUT2D eigenvalue weighted by Crippen LogP contribution is -2.29. The van der Waals surface area contributed by atoms with Gasteiger partial charge in [0.1, 0.15) is 11.5 Å².